The smallest absolute Gasteiger partial charge is 0.339 e. The van der Waals surface area contributed by atoms with Gasteiger partial charge in [0, 0.05) is 16.4 Å². The minimum Gasteiger partial charge on any atom is -0.478 e. The molecular formula is C20H23NO3S. The van der Waals surface area contributed by atoms with Gasteiger partial charge in [0.05, 0.1) is 0 Å². The lowest BCUT2D eigenvalue weighted by Gasteiger charge is -2.18. The Hall–Kier alpha value is -2.14. The number of carboxylic acids is 1. The standard InChI is InChI=1S/C20H23NO3S/c1-20(2,3)19(24)21-17-16(18(22)23)15(11-25-17)14-9-8-12-6-4-5-7-13(12)10-14/h8-11H,4-7H2,1-3H3,(H,21,24)(H,22,23). The summed E-state index contributed by atoms with van der Waals surface area (Å²) in [5, 5.41) is 14.7. The molecule has 0 aliphatic heterocycles. The molecular weight excluding hydrogens is 334 g/mol. The molecule has 0 bridgehead atoms. The first-order chi connectivity index (χ1) is 11.8. The second kappa shape index (κ2) is 6.64. The van der Waals surface area contributed by atoms with Gasteiger partial charge in [0.2, 0.25) is 5.91 Å². The van der Waals surface area contributed by atoms with E-state index in [0.29, 0.717) is 10.6 Å². The molecule has 0 saturated heterocycles. The lowest BCUT2D eigenvalue weighted by molar-refractivity contribution is -0.123. The highest BCUT2D eigenvalue weighted by molar-refractivity contribution is 7.15. The molecule has 5 heteroatoms. The van der Waals surface area contributed by atoms with E-state index >= 15 is 0 Å². The van der Waals surface area contributed by atoms with E-state index in [-0.39, 0.29) is 11.5 Å². The Morgan fingerprint density at radius 1 is 1.12 bits per heavy atom. The number of thiophene rings is 1. The van der Waals surface area contributed by atoms with Gasteiger partial charge in [-0.2, -0.15) is 0 Å². The molecule has 25 heavy (non-hydrogen) atoms. The Balaban J connectivity index is 2.00. The van der Waals surface area contributed by atoms with Gasteiger partial charge in [0.1, 0.15) is 10.6 Å². The van der Waals surface area contributed by atoms with Crippen LogP contribution in [0.25, 0.3) is 11.1 Å². The molecule has 0 fully saturated rings. The summed E-state index contributed by atoms with van der Waals surface area (Å²) < 4.78 is 0. The number of hydrogen-bond acceptors (Lipinski definition) is 3. The maximum atomic E-state index is 12.2. The van der Waals surface area contributed by atoms with Gasteiger partial charge < -0.3 is 10.4 Å². The number of carbonyl (C=O) groups is 2. The maximum Gasteiger partial charge on any atom is 0.339 e. The molecule has 1 heterocycles. The van der Waals surface area contributed by atoms with Crippen LogP contribution in [0.3, 0.4) is 0 Å². The van der Waals surface area contributed by atoms with E-state index in [1.807, 2.05) is 11.4 Å². The summed E-state index contributed by atoms with van der Waals surface area (Å²) in [6.07, 6.45) is 4.54. The molecule has 0 radical (unpaired) electrons. The molecule has 0 saturated carbocycles. The van der Waals surface area contributed by atoms with Crippen LogP contribution in [0.4, 0.5) is 5.00 Å². The largest absolute Gasteiger partial charge is 0.478 e. The van der Waals surface area contributed by atoms with Gasteiger partial charge in [0.15, 0.2) is 0 Å². The highest BCUT2D eigenvalue weighted by Crippen LogP contribution is 2.37. The summed E-state index contributed by atoms with van der Waals surface area (Å²) in [7, 11) is 0. The Labute approximate surface area is 151 Å². The van der Waals surface area contributed by atoms with Crippen LogP contribution < -0.4 is 5.32 Å². The Morgan fingerprint density at radius 2 is 1.80 bits per heavy atom. The van der Waals surface area contributed by atoms with Crippen LogP contribution in [-0.2, 0) is 17.6 Å². The van der Waals surface area contributed by atoms with Crippen LogP contribution in [-0.4, -0.2) is 17.0 Å². The number of rotatable bonds is 3. The van der Waals surface area contributed by atoms with E-state index in [4.69, 9.17) is 0 Å². The van der Waals surface area contributed by atoms with Crippen molar-refractivity contribution >= 4 is 28.2 Å². The molecule has 4 nitrogen and oxygen atoms in total. The monoisotopic (exact) mass is 357 g/mol. The highest BCUT2D eigenvalue weighted by atomic mass is 32.1. The lowest BCUT2D eigenvalue weighted by atomic mass is 9.89. The number of benzene rings is 1. The number of aromatic carboxylic acids is 1. The van der Waals surface area contributed by atoms with Crippen LogP contribution in [0.15, 0.2) is 23.6 Å². The molecule has 2 aromatic rings. The van der Waals surface area contributed by atoms with Crippen molar-refractivity contribution in [3.63, 3.8) is 0 Å². The molecule has 0 unspecified atom stereocenters. The Kier molecular flexibility index (Phi) is 4.69. The summed E-state index contributed by atoms with van der Waals surface area (Å²) in [6, 6.07) is 6.22. The fraction of sp³-hybridized carbons (Fsp3) is 0.400. The van der Waals surface area contributed by atoms with E-state index < -0.39 is 11.4 Å². The Morgan fingerprint density at radius 3 is 2.44 bits per heavy atom. The number of carboxylic acid groups (broad SMARTS) is 1. The maximum absolute atomic E-state index is 12.2. The second-order valence-corrected chi connectivity index (χ2v) is 8.43. The summed E-state index contributed by atoms with van der Waals surface area (Å²) in [5.41, 5.74) is 3.86. The number of nitrogens with one attached hydrogen (secondary N) is 1. The zero-order valence-electron chi connectivity index (χ0n) is 14.8. The van der Waals surface area contributed by atoms with Gasteiger partial charge in [-0.15, -0.1) is 11.3 Å². The molecule has 1 aromatic heterocycles. The van der Waals surface area contributed by atoms with E-state index in [1.54, 1.807) is 20.8 Å². The quantitative estimate of drug-likeness (QED) is 0.814. The minimum absolute atomic E-state index is 0.179. The minimum atomic E-state index is -1.02. The highest BCUT2D eigenvalue weighted by Gasteiger charge is 2.26. The van der Waals surface area contributed by atoms with Gasteiger partial charge in [-0.1, -0.05) is 39.0 Å². The molecule has 2 N–H and O–H groups in total. The Bertz CT molecular complexity index is 830. The molecule has 132 valence electrons. The predicted octanol–water partition coefficient (Wildman–Crippen LogP) is 4.98. The lowest BCUT2D eigenvalue weighted by Crippen LogP contribution is -2.27. The van der Waals surface area contributed by atoms with Crippen LogP contribution >= 0.6 is 11.3 Å². The van der Waals surface area contributed by atoms with Gasteiger partial charge in [-0.25, -0.2) is 4.79 Å². The summed E-state index contributed by atoms with van der Waals surface area (Å²) in [4.78, 5) is 24.1. The first-order valence-corrected chi connectivity index (χ1v) is 9.44. The van der Waals surface area contributed by atoms with Crippen molar-refractivity contribution in [2.45, 2.75) is 46.5 Å². The SMILES string of the molecule is CC(C)(C)C(=O)Nc1scc(-c2ccc3c(c2)CCCC3)c1C(=O)O. The molecule has 3 rings (SSSR count). The third-order valence-corrected chi connectivity index (χ3v) is 5.47. The van der Waals surface area contributed by atoms with Crippen molar-refractivity contribution < 1.29 is 14.7 Å². The van der Waals surface area contributed by atoms with E-state index in [2.05, 4.69) is 17.4 Å². The first-order valence-electron chi connectivity index (χ1n) is 8.56. The number of hydrogen-bond donors (Lipinski definition) is 2. The molecule has 1 aliphatic carbocycles. The van der Waals surface area contributed by atoms with Crippen LogP contribution in [0.5, 0.6) is 0 Å². The zero-order valence-corrected chi connectivity index (χ0v) is 15.6. The number of aryl methyl sites for hydroxylation is 2. The van der Waals surface area contributed by atoms with Gasteiger partial charge in [0.25, 0.3) is 0 Å². The molecule has 1 aromatic carbocycles. The van der Waals surface area contributed by atoms with E-state index in [9.17, 15) is 14.7 Å². The number of carbonyl (C=O) groups excluding carboxylic acids is 1. The van der Waals surface area contributed by atoms with Crippen LogP contribution in [0.2, 0.25) is 0 Å². The molecule has 1 amide bonds. The third-order valence-electron chi connectivity index (χ3n) is 4.57. The van der Waals surface area contributed by atoms with Crippen molar-refractivity contribution in [2.24, 2.45) is 5.41 Å². The second-order valence-electron chi connectivity index (χ2n) is 7.55. The average molecular weight is 357 g/mol. The number of anilines is 1. The topological polar surface area (TPSA) is 66.4 Å². The fourth-order valence-electron chi connectivity index (χ4n) is 3.07. The van der Waals surface area contributed by atoms with Gasteiger partial charge in [-0.3, -0.25) is 4.79 Å². The van der Waals surface area contributed by atoms with Gasteiger partial charge in [-0.05, 0) is 42.4 Å². The van der Waals surface area contributed by atoms with Crippen LogP contribution in [0.1, 0.15) is 55.1 Å². The molecule has 1 aliphatic rings. The first kappa shape index (κ1) is 17.7. The summed E-state index contributed by atoms with van der Waals surface area (Å²) >= 11 is 1.27. The van der Waals surface area contributed by atoms with Crippen molar-refractivity contribution in [1.82, 2.24) is 0 Å². The van der Waals surface area contributed by atoms with Crippen molar-refractivity contribution in [3.8, 4) is 11.1 Å². The third kappa shape index (κ3) is 3.61. The summed E-state index contributed by atoms with van der Waals surface area (Å²) in [6.45, 7) is 5.42. The average Bonchev–Trinajstić information content (AvgIpc) is 2.97. The number of amides is 1. The van der Waals surface area contributed by atoms with Crippen molar-refractivity contribution in [1.29, 1.82) is 0 Å². The summed E-state index contributed by atoms with van der Waals surface area (Å²) in [5.74, 6) is -1.20. The molecule has 0 atom stereocenters. The van der Waals surface area contributed by atoms with Gasteiger partial charge >= 0.3 is 5.97 Å². The normalized spacial score (nSPS) is 14.0. The van der Waals surface area contributed by atoms with Crippen LogP contribution in [0, 0.1) is 5.41 Å². The van der Waals surface area contributed by atoms with E-state index in [0.717, 1.165) is 18.4 Å². The predicted molar refractivity (Wildman–Crippen MR) is 101 cm³/mol. The fourth-order valence-corrected chi connectivity index (χ4v) is 4.02. The van der Waals surface area contributed by atoms with E-state index in [1.165, 1.54) is 35.3 Å². The van der Waals surface area contributed by atoms with Crippen molar-refractivity contribution in [3.05, 3.63) is 40.3 Å². The number of fused-ring (bicyclic) bond motifs is 1. The zero-order chi connectivity index (χ0) is 18.2. The van der Waals surface area contributed by atoms with Crippen molar-refractivity contribution in [2.75, 3.05) is 5.32 Å². The molecule has 0 spiro atoms.